The Morgan fingerprint density at radius 3 is 2.10 bits per heavy atom. The highest BCUT2D eigenvalue weighted by molar-refractivity contribution is 7.79. The lowest BCUT2D eigenvalue weighted by Crippen LogP contribution is -2.60. The molecule has 0 unspecified atom stereocenters. The molecule has 0 spiro atoms. The fourth-order valence-corrected chi connectivity index (χ4v) is 0.533. The smallest absolute Gasteiger partial charge is 0.262 e. The summed E-state index contributed by atoms with van der Waals surface area (Å²) in [7, 11) is 0. The molecule has 0 heterocycles. The predicted octanol–water partition coefficient (Wildman–Crippen LogP) is 0.887. The summed E-state index contributed by atoms with van der Waals surface area (Å²) in [6, 6.07) is 0. The SMILES string of the molecule is CCCCCCl.NC([NH3+])=S. The van der Waals surface area contributed by atoms with Crippen LogP contribution in [0.2, 0.25) is 0 Å². The Balaban J connectivity index is 0. The van der Waals surface area contributed by atoms with Crippen molar-refractivity contribution in [1.82, 2.24) is 0 Å². The minimum atomic E-state index is 0.250. The van der Waals surface area contributed by atoms with Gasteiger partial charge in [0.25, 0.3) is 5.11 Å². The number of hydrogen-bond acceptors (Lipinski definition) is 1. The van der Waals surface area contributed by atoms with Crippen LogP contribution < -0.4 is 11.5 Å². The van der Waals surface area contributed by atoms with Gasteiger partial charge < -0.3 is 11.5 Å². The molecule has 0 radical (unpaired) electrons. The number of nitrogens with two attached hydrogens (primary N) is 1. The number of hydrogen-bond donors (Lipinski definition) is 2. The Morgan fingerprint density at radius 2 is 2.00 bits per heavy atom. The molecule has 0 aliphatic rings. The maximum absolute atomic E-state index is 5.38. The average molecular weight is 184 g/mol. The van der Waals surface area contributed by atoms with Crippen molar-refractivity contribution in [1.29, 1.82) is 0 Å². The zero-order valence-corrected chi connectivity index (χ0v) is 7.97. The van der Waals surface area contributed by atoms with Crippen molar-refractivity contribution in [2.24, 2.45) is 5.73 Å². The van der Waals surface area contributed by atoms with Crippen LogP contribution in [0.25, 0.3) is 0 Å². The molecule has 0 aromatic heterocycles. The van der Waals surface area contributed by atoms with Crippen LogP contribution in [0.15, 0.2) is 0 Å². The van der Waals surface area contributed by atoms with E-state index in [0.717, 1.165) is 5.88 Å². The van der Waals surface area contributed by atoms with Gasteiger partial charge in [0.15, 0.2) is 0 Å². The first kappa shape index (κ1) is 12.8. The van der Waals surface area contributed by atoms with Crippen LogP contribution in [0.1, 0.15) is 26.2 Å². The summed E-state index contributed by atoms with van der Waals surface area (Å²) in [5.74, 6) is 0.827. The molecule has 0 saturated carbocycles. The number of quaternary nitrogens is 1. The summed E-state index contributed by atoms with van der Waals surface area (Å²) in [4.78, 5) is 0. The lowest BCUT2D eigenvalue weighted by molar-refractivity contribution is -0.210. The summed E-state index contributed by atoms with van der Waals surface area (Å²) in [5.41, 5.74) is 7.88. The van der Waals surface area contributed by atoms with Crippen LogP contribution in [0.5, 0.6) is 0 Å². The molecule has 0 aromatic carbocycles. The van der Waals surface area contributed by atoms with Crippen molar-refractivity contribution in [2.45, 2.75) is 26.2 Å². The molecule has 2 nitrogen and oxygen atoms in total. The van der Waals surface area contributed by atoms with E-state index in [1.165, 1.54) is 19.3 Å². The number of rotatable bonds is 3. The maximum atomic E-state index is 5.38. The molecule has 4 heteroatoms. The van der Waals surface area contributed by atoms with E-state index in [2.05, 4.69) is 24.9 Å². The first-order chi connectivity index (χ1) is 4.65. The number of unbranched alkanes of at least 4 members (excludes halogenated alkanes) is 2. The molecule has 0 aromatic rings. The van der Waals surface area contributed by atoms with Crippen LogP contribution in [0, 0.1) is 0 Å². The topological polar surface area (TPSA) is 53.7 Å². The van der Waals surface area contributed by atoms with E-state index >= 15 is 0 Å². The molecule has 0 amide bonds. The van der Waals surface area contributed by atoms with Crippen molar-refractivity contribution in [3.8, 4) is 0 Å². The average Bonchev–Trinajstić information content (AvgIpc) is 1.82. The second-order valence-corrected chi connectivity index (χ2v) is 2.76. The Hall–Kier alpha value is 0.140. The molecule has 5 N–H and O–H groups in total. The molecule has 0 rings (SSSR count). The van der Waals surface area contributed by atoms with Gasteiger partial charge in [0.05, 0.1) is 0 Å². The van der Waals surface area contributed by atoms with Gasteiger partial charge in [0.2, 0.25) is 0 Å². The van der Waals surface area contributed by atoms with Crippen molar-refractivity contribution in [3.05, 3.63) is 0 Å². The Bertz CT molecular complexity index is 70.1. The molecule has 0 aliphatic heterocycles. The lowest BCUT2D eigenvalue weighted by atomic mass is 10.3. The van der Waals surface area contributed by atoms with E-state index in [1.54, 1.807) is 0 Å². The van der Waals surface area contributed by atoms with E-state index in [-0.39, 0.29) is 5.11 Å². The second kappa shape index (κ2) is 11.9. The molecule has 62 valence electrons. The Kier molecular flexibility index (Phi) is 15.2. The van der Waals surface area contributed by atoms with Gasteiger partial charge in [0.1, 0.15) is 0 Å². The van der Waals surface area contributed by atoms with Crippen molar-refractivity contribution >= 4 is 28.9 Å². The highest BCUT2D eigenvalue weighted by Gasteiger charge is 1.76. The van der Waals surface area contributed by atoms with Gasteiger partial charge in [-0.25, -0.2) is 0 Å². The molecule has 0 aliphatic carbocycles. The van der Waals surface area contributed by atoms with Crippen molar-refractivity contribution in [3.63, 3.8) is 0 Å². The fraction of sp³-hybridized carbons (Fsp3) is 0.833. The third-order valence-electron chi connectivity index (χ3n) is 0.737. The van der Waals surface area contributed by atoms with Gasteiger partial charge in [0, 0.05) is 18.1 Å². The van der Waals surface area contributed by atoms with Gasteiger partial charge in [-0.15, -0.1) is 11.6 Å². The first-order valence-electron chi connectivity index (χ1n) is 3.32. The van der Waals surface area contributed by atoms with Crippen LogP contribution in [0.3, 0.4) is 0 Å². The van der Waals surface area contributed by atoms with E-state index in [0.29, 0.717) is 0 Å². The second-order valence-electron chi connectivity index (χ2n) is 1.86. The quantitative estimate of drug-likeness (QED) is 0.388. The summed E-state index contributed by atoms with van der Waals surface area (Å²) in [6.07, 6.45) is 3.73. The van der Waals surface area contributed by atoms with E-state index in [9.17, 15) is 0 Å². The van der Waals surface area contributed by atoms with Gasteiger partial charge in [-0.05, 0) is 6.42 Å². The minimum Gasteiger partial charge on any atom is -0.345 e. The molecule has 0 fully saturated rings. The van der Waals surface area contributed by atoms with Gasteiger partial charge in [-0.2, -0.15) is 0 Å². The maximum Gasteiger partial charge on any atom is 0.262 e. The number of thiocarbonyl (C=S) groups is 1. The third kappa shape index (κ3) is 42.1. The highest BCUT2D eigenvalue weighted by atomic mass is 35.5. The number of alkyl halides is 1. The van der Waals surface area contributed by atoms with Crippen LogP contribution >= 0.6 is 23.8 Å². The van der Waals surface area contributed by atoms with Crippen LogP contribution in [-0.2, 0) is 0 Å². The number of halogens is 1. The Labute approximate surface area is 72.9 Å². The molecule has 0 bridgehead atoms. The van der Waals surface area contributed by atoms with E-state index in [1.807, 2.05) is 0 Å². The zero-order chi connectivity index (χ0) is 8.41. The summed E-state index contributed by atoms with van der Waals surface area (Å²) in [5, 5.41) is 0.250. The van der Waals surface area contributed by atoms with E-state index < -0.39 is 0 Å². The minimum absolute atomic E-state index is 0.250. The summed E-state index contributed by atoms with van der Waals surface area (Å²) < 4.78 is 0. The largest absolute Gasteiger partial charge is 0.345 e. The van der Waals surface area contributed by atoms with Crippen molar-refractivity contribution < 1.29 is 5.73 Å². The van der Waals surface area contributed by atoms with Crippen molar-refractivity contribution in [2.75, 3.05) is 5.88 Å². The zero-order valence-electron chi connectivity index (χ0n) is 6.40. The van der Waals surface area contributed by atoms with Crippen LogP contribution in [-0.4, -0.2) is 11.0 Å². The normalized spacial score (nSPS) is 7.90. The Morgan fingerprint density at radius 1 is 1.60 bits per heavy atom. The van der Waals surface area contributed by atoms with Gasteiger partial charge in [-0.3, -0.25) is 0 Å². The predicted molar refractivity (Wildman–Crippen MR) is 49.9 cm³/mol. The van der Waals surface area contributed by atoms with E-state index in [4.69, 9.17) is 17.3 Å². The monoisotopic (exact) mass is 183 g/mol. The fourth-order valence-electron chi connectivity index (χ4n) is 0.344. The van der Waals surface area contributed by atoms with Crippen LogP contribution in [0.4, 0.5) is 0 Å². The standard InChI is InChI=1S/C5H11Cl.CH4N2S/c1-2-3-4-5-6;2-1(3)4/h2-5H2,1H3;(H4,2,3,4)/p+1. The highest BCUT2D eigenvalue weighted by Crippen LogP contribution is 1.93. The van der Waals surface area contributed by atoms with Gasteiger partial charge in [-0.1, -0.05) is 19.8 Å². The molecular weight excluding hydrogens is 168 g/mol. The lowest BCUT2D eigenvalue weighted by Gasteiger charge is -1.84. The summed E-state index contributed by atoms with van der Waals surface area (Å²) >= 11 is 9.58. The third-order valence-corrected chi connectivity index (χ3v) is 1.00. The molecule has 0 saturated heterocycles. The molecule has 0 atom stereocenters. The molecular formula is C6H16ClN2S+. The first-order valence-corrected chi connectivity index (χ1v) is 4.26. The van der Waals surface area contributed by atoms with Gasteiger partial charge >= 0.3 is 0 Å². The molecule has 10 heavy (non-hydrogen) atoms. The summed E-state index contributed by atoms with van der Waals surface area (Å²) in [6.45, 7) is 2.17.